The molecule has 3 aromatic rings. The zero-order valence-corrected chi connectivity index (χ0v) is 12.4. The summed E-state index contributed by atoms with van der Waals surface area (Å²) < 4.78 is 4.77. The number of benzene rings is 3. The Kier molecular flexibility index (Phi) is 4.05. The third-order valence-corrected chi connectivity index (χ3v) is 3.63. The molecule has 0 spiro atoms. The van der Waals surface area contributed by atoms with E-state index in [1.54, 1.807) is 6.07 Å². The highest BCUT2D eigenvalue weighted by Gasteiger charge is 2.07. The van der Waals surface area contributed by atoms with Crippen molar-refractivity contribution in [2.45, 2.75) is 6.54 Å². The SMILES string of the molecule is COC(=O)c1ccc2c(NCc3ccccc3)cccc2c1. The van der Waals surface area contributed by atoms with Gasteiger partial charge in [-0.2, -0.15) is 0 Å². The zero-order chi connectivity index (χ0) is 15.4. The summed E-state index contributed by atoms with van der Waals surface area (Å²) >= 11 is 0. The molecule has 0 saturated carbocycles. The van der Waals surface area contributed by atoms with E-state index >= 15 is 0 Å². The van der Waals surface area contributed by atoms with Gasteiger partial charge in [0.1, 0.15) is 0 Å². The van der Waals surface area contributed by atoms with E-state index in [0.29, 0.717) is 5.56 Å². The lowest BCUT2D eigenvalue weighted by Crippen LogP contribution is -2.02. The van der Waals surface area contributed by atoms with Crippen LogP contribution in [0.1, 0.15) is 15.9 Å². The minimum absolute atomic E-state index is 0.315. The van der Waals surface area contributed by atoms with Crippen LogP contribution in [0, 0.1) is 0 Å². The lowest BCUT2D eigenvalue weighted by molar-refractivity contribution is 0.0601. The molecule has 3 heteroatoms. The first kappa shape index (κ1) is 14.1. The van der Waals surface area contributed by atoms with Crippen molar-refractivity contribution in [3.8, 4) is 0 Å². The summed E-state index contributed by atoms with van der Waals surface area (Å²) in [5.41, 5.74) is 2.85. The van der Waals surface area contributed by atoms with E-state index in [0.717, 1.165) is 23.0 Å². The molecule has 22 heavy (non-hydrogen) atoms. The number of esters is 1. The summed E-state index contributed by atoms with van der Waals surface area (Å²) in [7, 11) is 1.39. The maximum atomic E-state index is 11.6. The number of carbonyl (C=O) groups is 1. The fraction of sp³-hybridized carbons (Fsp3) is 0.105. The van der Waals surface area contributed by atoms with Crippen LogP contribution in [0.2, 0.25) is 0 Å². The Bertz CT molecular complexity index is 797. The van der Waals surface area contributed by atoms with Crippen LogP contribution in [0.15, 0.2) is 66.7 Å². The van der Waals surface area contributed by atoms with Gasteiger partial charge in [-0.25, -0.2) is 4.79 Å². The second kappa shape index (κ2) is 6.31. The number of fused-ring (bicyclic) bond motifs is 1. The van der Waals surface area contributed by atoms with E-state index in [1.807, 2.05) is 48.5 Å². The molecule has 0 saturated heterocycles. The molecule has 0 radical (unpaired) electrons. The number of nitrogens with one attached hydrogen (secondary N) is 1. The third kappa shape index (κ3) is 2.93. The minimum atomic E-state index is -0.315. The van der Waals surface area contributed by atoms with Gasteiger partial charge in [-0.15, -0.1) is 0 Å². The van der Waals surface area contributed by atoms with Gasteiger partial charge in [-0.05, 0) is 29.1 Å². The second-order valence-corrected chi connectivity index (χ2v) is 5.07. The van der Waals surface area contributed by atoms with E-state index in [-0.39, 0.29) is 5.97 Å². The highest BCUT2D eigenvalue weighted by Crippen LogP contribution is 2.25. The van der Waals surface area contributed by atoms with Gasteiger partial charge in [-0.1, -0.05) is 48.5 Å². The fourth-order valence-electron chi connectivity index (χ4n) is 2.48. The molecule has 0 aliphatic heterocycles. The third-order valence-electron chi connectivity index (χ3n) is 3.63. The van der Waals surface area contributed by atoms with Crippen molar-refractivity contribution in [1.29, 1.82) is 0 Å². The van der Waals surface area contributed by atoms with Crippen LogP contribution in [0.5, 0.6) is 0 Å². The molecular formula is C19H17NO2. The van der Waals surface area contributed by atoms with Crippen molar-refractivity contribution in [3.05, 3.63) is 77.9 Å². The van der Waals surface area contributed by atoms with E-state index in [9.17, 15) is 4.79 Å². The molecular weight excluding hydrogens is 274 g/mol. The smallest absolute Gasteiger partial charge is 0.337 e. The van der Waals surface area contributed by atoms with Crippen LogP contribution in [0.3, 0.4) is 0 Å². The standard InChI is InChI=1S/C19H17NO2/c1-22-19(21)16-10-11-17-15(12-16)8-5-9-18(17)20-13-14-6-3-2-4-7-14/h2-12,20H,13H2,1H3. The Balaban J connectivity index is 1.88. The van der Waals surface area contributed by atoms with Gasteiger partial charge in [0, 0.05) is 17.6 Å². The molecule has 1 N–H and O–H groups in total. The Morgan fingerprint density at radius 2 is 1.82 bits per heavy atom. The topological polar surface area (TPSA) is 38.3 Å². The summed E-state index contributed by atoms with van der Waals surface area (Å²) in [5, 5.41) is 5.55. The van der Waals surface area contributed by atoms with Crippen molar-refractivity contribution in [3.63, 3.8) is 0 Å². The molecule has 0 bridgehead atoms. The molecule has 0 fully saturated rings. The first-order valence-corrected chi connectivity index (χ1v) is 7.17. The number of hydrogen-bond donors (Lipinski definition) is 1. The summed E-state index contributed by atoms with van der Waals surface area (Å²) in [5.74, 6) is -0.315. The molecule has 0 aliphatic carbocycles. The monoisotopic (exact) mass is 291 g/mol. The highest BCUT2D eigenvalue weighted by atomic mass is 16.5. The van der Waals surface area contributed by atoms with Gasteiger partial charge < -0.3 is 10.1 Å². The lowest BCUT2D eigenvalue weighted by atomic mass is 10.1. The second-order valence-electron chi connectivity index (χ2n) is 5.07. The van der Waals surface area contributed by atoms with E-state index in [1.165, 1.54) is 12.7 Å². The first-order valence-electron chi connectivity index (χ1n) is 7.17. The van der Waals surface area contributed by atoms with Crippen LogP contribution in [0.4, 0.5) is 5.69 Å². The lowest BCUT2D eigenvalue weighted by Gasteiger charge is -2.11. The van der Waals surface area contributed by atoms with Crippen LogP contribution in [-0.4, -0.2) is 13.1 Å². The van der Waals surface area contributed by atoms with Crippen molar-refractivity contribution in [2.75, 3.05) is 12.4 Å². The summed E-state index contributed by atoms with van der Waals surface area (Å²) in [6.45, 7) is 0.763. The zero-order valence-electron chi connectivity index (χ0n) is 12.4. The highest BCUT2D eigenvalue weighted by molar-refractivity contribution is 5.99. The van der Waals surface area contributed by atoms with Crippen LogP contribution in [0.25, 0.3) is 10.8 Å². The first-order chi connectivity index (χ1) is 10.8. The van der Waals surface area contributed by atoms with Crippen molar-refractivity contribution in [1.82, 2.24) is 0 Å². The number of hydrogen-bond acceptors (Lipinski definition) is 3. The van der Waals surface area contributed by atoms with Crippen LogP contribution >= 0.6 is 0 Å². The maximum absolute atomic E-state index is 11.6. The summed E-state index contributed by atoms with van der Waals surface area (Å²) in [6, 6.07) is 21.9. The number of methoxy groups -OCH3 is 1. The molecule has 0 unspecified atom stereocenters. The molecule has 3 aromatic carbocycles. The Hall–Kier alpha value is -2.81. The number of anilines is 1. The average Bonchev–Trinajstić information content (AvgIpc) is 2.59. The molecule has 110 valence electrons. The number of ether oxygens (including phenoxy) is 1. The van der Waals surface area contributed by atoms with Crippen molar-refractivity contribution in [2.24, 2.45) is 0 Å². The number of carbonyl (C=O) groups excluding carboxylic acids is 1. The number of rotatable bonds is 4. The van der Waals surface area contributed by atoms with Crippen LogP contribution < -0.4 is 5.32 Å². The largest absolute Gasteiger partial charge is 0.465 e. The predicted molar refractivity (Wildman–Crippen MR) is 89.1 cm³/mol. The molecule has 0 atom stereocenters. The quantitative estimate of drug-likeness (QED) is 0.731. The van der Waals surface area contributed by atoms with Gasteiger partial charge in [0.25, 0.3) is 0 Å². The fourth-order valence-corrected chi connectivity index (χ4v) is 2.48. The van der Waals surface area contributed by atoms with Crippen molar-refractivity contribution >= 4 is 22.4 Å². The molecule has 0 amide bonds. The molecule has 0 heterocycles. The molecule has 0 aliphatic rings. The molecule has 3 rings (SSSR count). The average molecular weight is 291 g/mol. The molecule has 0 aromatic heterocycles. The van der Waals surface area contributed by atoms with Gasteiger partial charge >= 0.3 is 5.97 Å². The van der Waals surface area contributed by atoms with Crippen molar-refractivity contribution < 1.29 is 9.53 Å². The van der Waals surface area contributed by atoms with Gasteiger partial charge in [0.15, 0.2) is 0 Å². The van der Waals surface area contributed by atoms with E-state index in [2.05, 4.69) is 17.4 Å². The summed E-state index contributed by atoms with van der Waals surface area (Å²) in [4.78, 5) is 11.6. The van der Waals surface area contributed by atoms with Gasteiger partial charge in [0.05, 0.1) is 12.7 Å². The van der Waals surface area contributed by atoms with E-state index < -0.39 is 0 Å². The summed E-state index contributed by atoms with van der Waals surface area (Å²) in [6.07, 6.45) is 0. The Morgan fingerprint density at radius 3 is 2.59 bits per heavy atom. The predicted octanol–water partition coefficient (Wildman–Crippen LogP) is 4.24. The normalized spacial score (nSPS) is 10.4. The van der Waals surface area contributed by atoms with Crippen LogP contribution in [-0.2, 0) is 11.3 Å². The Morgan fingerprint density at radius 1 is 1.00 bits per heavy atom. The minimum Gasteiger partial charge on any atom is -0.465 e. The maximum Gasteiger partial charge on any atom is 0.337 e. The van der Waals surface area contributed by atoms with Gasteiger partial charge in [-0.3, -0.25) is 0 Å². The van der Waals surface area contributed by atoms with Gasteiger partial charge in [0.2, 0.25) is 0 Å². The molecule has 3 nitrogen and oxygen atoms in total. The Labute approximate surface area is 129 Å². The van der Waals surface area contributed by atoms with E-state index in [4.69, 9.17) is 4.74 Å².